The summed E-state index contributed by atoms with van der Waals surface area (Å²) in [5.74, 6) is 2.75. The molecule has 150 valence electrons. The summed E-state index contributed by atoms with van der Waals surface area (Å²) in [6.45, 7) is 8.83. The average molecular weight is 395 g/mol. The molecule has 0 atom stereocenters. The molecule has 0 radical (unpaired) electrons. The van der Waals surface area contributed by atoms with Gasteiger partial charge in [-0.3, -0.25) is 0 Å². The summed E-state index contributed by atoms with van der Waals surface area (Å²) in [5, 5.41) is 0. The Morgan fingerprint density at radius 2 is 1.07 bits per heavy atom. The van der Waals surface area contributed by atoms with Gasteiger partial charge in [-0.1, -0.05) is 58.0 Å². The molecule has 0 saturated carbocycles. The van der Waals surface area contributed by atoms with Crippen molar-refractivity contribution in [3.05, 3.63) is 71.8 Å². The molecule has 4 nitrogen and oxygen atoms in total. The predicted octanol–water partition coefficient (Wildman–Crippen LogP) is 7.02. The summed E-state index contributed by atoms with van der Waals surface area (Å²) in [5.41, 5.74) is 8.87. The van der Waals surface area contributed by atoms with Crippen molar-refractivity contribution in [2.75, 3.05) is 0 Å². The molecule has 2 aromatic heterocycles. The van der Waals surface area contributed by atoms with Crippen LogP contribution in [0.4, 0.5) is 0 Å². The number of imidazole rings is 2. The van der Waals surface area contributed by atoms with Gasteiger partial charge in [-0.2, -0.15) is 0 Å². The number of fused-ring (bicyclic) bond motifs is 2. The van der Waals surface area contributed by atoms with Gasteiger partial charge >= 0.3 is 0 Å². The van der Waals surface area contributed by atoms with E-state index in [1.807, 2.05) is 0 Å². The quantitative estimate of drug-likeness (QED) is 0.344. The van der Waals surface area contributed by atoms with Crippen molar-refractivity contribution in [3.63, 3.8) is 0 Å². The molecule has 2 N–H and O–H groups in total. The highest BCUT2D eigenvalue weighted by molar-refractivity contribution is 5.83. The van der Waals surface area contributed by atoms with Gasteiger partial charge in [-0.15, -0.1) is 0 Å². The van der Waals surface area contributed by atoms with Crippen LogP contribution in [0.2, 0.25) is 0 Å². The average Bonchev–Trinajstić information content (AvgIpc) is 3.36. The highest BCUT2D eigenvalue weighted by atomic mass is 14.9. The molecule has 2 heterocycles. The van der Waals surface area contributed by atoms with Crippen LogP contribution in [0.25, 0.3) is 44.8 Å². The van der Waals surface area contributed by atoms with Crippen molar-refractivity contribution >= 4 is 22.1 Å². The fourth-order valence-electron chi connectivity index (χ4n) is 3.86. The van der Waals surface area contributed by atoms with Gasteiger partial charge < -0.3 is 9.97 Å². The van der Waals surface area contributed by atoms with Crippen molar-refractivity contribution in [3.8, 4) is 22.8 Å². The topological polar surface area (TPSA) is 57.4 Å². The maximum absolute atomic E-state index is 4.81. The van der Waals surface area contributed by atoms with Crippen LogP contribution in [-0.4, -0.2) is 19.9 Å². The second kappa shape index (κ2) is 7.13. The highest BCUT2D eigenvalue weighted by Gasteiger charge is 2.11. The first-order valence-electron chi connectivity index (χ1n) is 10.6. The third-order valence-corrected chi connectivity index (χ3v) is 5.75. The minimum absolute atomic E-state index is 0.494. The lowest BCUT2D eigenvalue weighted by atomic mass is 10.0. The van der Waals surface area contributed by atoms with Gasteiger partial charge in [0, 0.05) is 11.1 Å². The van der Waals surface area contributed by atoms with Gasteiger partial charge in [0.1, 0.15) is 11.6 Å². The van der Waals surface area contributed by atoms with Crippen molar-refractivity contribution in [2.45, 2.75) is 39.5 Å². The van der Waals surface area contributed by atoms with Crippen molar-refractivity contribution in [1.29, 1.82) is 0 Å². The molecular weight excluding hydrogens is 368 g/mol. The maximum atomic E-state index is 4.81. The Bertz CT molecular complexity index is 1250. The monoisotopic (exact) mass is 394 g/mol. The van der Waals surface area contributed by atoms with Crippen LogP contribution >= 0.6 is 0 Å². The molecule has 0 aliphatic rings. The second-order valence-corrected chi connectivity index (χ2v) is 8.61. The molecule has 0 aliphatic heterocycles. The minimum Gasteiger partial charge on any atom is -0.338 e. The molecule has 0 aliphatic carbocycles. The van der Waals surface area contributed by atoms with E-state index in [4.69, 9.17) is 9.97 Å². The Morgan fingerprint density at radius 3 is 1.50 bits per heavy atom. The Kier molecular flexibility index (Phi) is 4.43. The largest absolute Gasteiger partial charge is 0.338 e. The first-order valence-corrected chi connectivity index (χ1v) is 10.6. The molecule has 5 aromatic rings. The number of hydrogen-bond acceptors (Lipinski definition) is 2. The summed E-state index contributed by atoms with van der Waals surface area (Å²) in [6, 6.07) is 21.3. The lowest BCUT2D eigenvalue weighted by molar-refractivity contribution is 0.868. The molecule has 0 amide bonds. The zero-order chi connectivity index (χ0) is 20.8. The molecular formula is C26H26N4. The second-order valence-electron chi connectivity index (χ2n) is 8.61. The Labute approximate surface area is 176 Å². The number of nitrogens with zero attached hydrogens (tertiary/aromatic N) is 2. The summed E-state index contributed by atoms with van der Waals surface area (Å²) in [4.78, 5) is 16.6. The smallest absolute Gasteiger partial charge is 0.138 e. The SMILES string of the molecule is CC(C)c1ccc2nc(-c3cccc(-c4nc5ccc(C(C)C)cc5[nH]4)c3)[nH]c2c1. The zero-order valence-corrected chi connectivity index (χ0v) is 17.8. The molecule has 0 fully saturated rings. The molecule has 0 unspecified atom stereocenters. The van der Waals surface area contributed by atoms with Crippen molar-refractivity contribution in [2.24, 2.45) is 0 Å². The third-order valence-electron chi connectivity index (χ3n) is 5.75. The third kappa shape index (κ3) is 3.28. The van der Waals surface area contributed by atoms with Gasteiger partial charge in [-0.25, -0.2) is 9.97 Å². The van der Waals surface area contributed by atoms with Crippen LogP contribution in [0.5, 0.6) is 0 Å². The first kappa shape index (κ1) is 18.6. The Morgan fingerprint density at radius 1 is 0.600 bits per heavy atom. The first-order chi connectivity index (χ1) is 14.5. The van der Waals surface area contributed by atoms with E-state index >= 15 is 0 Å². The summed E-state index contributed by atoms with van der Waals surface area (Å²) >= 11 is 0. The normalized spacial score (nSPS) is 11.9. The van der Waals surface area contributed by atoms with E-state index in [-0.39, 0.29) is 0 Å². The molecule has 4 heteroatoms. The lowest BCUT2D eigenvalue weighted by Gasteiger charge is -2.03. The molecule has 0 spiro atoms. The van der Waals surface area contributed by atoms with E-state index in [0.29, 0.717) is 11.8 Å². The minimum atomic E-state index is 0.494. The molecule has 0 saturated heterocycles. The van der Waals surface area contributed by atoms with Crippen LogP contribution in [-0.2, 0) is 0 Å². The fraction of sp³-hybridized carbons (Fsp3) is 0.231. The van der Waals surface area contributed by atoms with Crippen LogP contribution in [0.1, 0.15) is 50.7 Å². The number of nitrogens with one attached hydrogen (secondary N) is 2. The molecule has 0 bridgehead atoms. The van der Waals surface area contributed by atoms with Gasteiger partial charge in [-0.05, 0) is 53.3 Å². The summed E-state index contributed by atoms with van der Waals surface area (Å²) < 4.78 is 0. The predicted molar refractivity (Wildman–Crippen MR) is 125 cm³/mol. The van der Waals surface area contributed by atoms with Crippen LogP contribution in [0.3, 0.4) is 0 Å². The molecule has 3 aromatic carbocycles. The van der Waals surface area contributed by atoms with E-state index in [1.54, 1.807) is 0 Å². The van der Waals surface area contributed by atoms with Gasteiger partial charge in [0.15, 0.2) is 0 Å². The van der Waals surface area contributed by atoms with Gasteiger partial charge in [0.25, 0.3) is 0 Å². The van der Waals surface area contributed by atoms with Crippen LogP contribution < -0.4 is 0 Å². The maximum Gasteiger partial charge on any atom is 0.138 e. The fourth-order valence-corrected chi connectivity index (χ4v) is 3.86. The number of aromatic nitrogens is 4. The van der Waals surface area contributed by atoms with Crippen molar-refractivity contribution < 1.29 is 0 Å². The van der Waals surface area contributed by atoms with Crippen LogP contribution in [0, 0.1) is 0 Å². The summed E-state index contributed by atoms with van der Waals surface area (Å²) in [6.07, 6.45) is 0. The van der Waals surface area contributed by atoms with E-state index in [0.717, 1.165) is 44.8 Å². The molecule has 30 heavy (non-hydrogen) atoms. The number of H-pyrrole nitrogens is 2. The van der Waals surface area contributed by atoms with Crippen molar-refractivity contribution in [1.82, 2.24) is 19.9 Å². The standard InChI is InChI=1S/C26H26N4/c1-15(2)17-8-10-21-23(13-17)29-25(27-21)19-6-5-7-20(12-19)26-28-22-11-9-18(16(3)4)14-24(22)30-26/h5-16H,1-4H3,(H,27,29)(H,28,30). The summed E-state index contributed by atoms with van der Waals surface area (Å²) in [7, 11) is 0. The van der Waals surface area contributed by atoms with E-state index in [1.165, 1.54) is 11.1 Å². The van der Waals surface area contributed by atoms with E-state index in [9.17, 15) is 0 Å². The highest BCUT2D eigenvalue weighted by Crippen LogP contribution is 2.28. The number of rotatable bonds is 4. The van der Waals surface area contributed by atoms with Gasteiger partial charge in [0.2, 0.25) is 0 Å². The van der Waals surface area contributed by atoms with Crippen LogP contribution in [0.15, 0.2) is 60.7 Å². The number of benzene rings is 3. The Hall–Kier alpha value is -3.40. The van der Waals surface area contributed by atoms with E-state index < -0.39 is 0 Å². The number of aromatic amines is 2. The lowest BCUT2D eigenvalue weighted by Crippen LogP contribution is -1.86. The Balaban J connectivity index is 1.54. The van der Waals surface area contributed by atoms with E-state index in [2.05, 4.69) is 98.3 Å². The van der Waals surface area contributed by atoms with Gasteiger partial charge in [0.05, 0.1) is 22.1 Å². The molecule has 5 rings (SSSR count). The zero-order valence-electron chi connectivity index (χ0n) is 17.8. The number of hydrogen-bond donors (Lipinski definition) is 2.